The van der Waals surface area contributed by atoms with Gasteiger partial charge in [-0.05, 0) is 32.9 Å². The van der Waals surface area contributed by atoms with Crippen molar-refractivity contribution >= 4 is 5.91 Å². The van der Waals surface area contributed by atoms with Crippen molar-refractivity contribution in [1.82, 2.24) is 10.2 Å². The number of carbonyl (C=O) groups excluding carboxylic acids is 1. The Hall–Kier alpha value is -1.29. The van der Waals surface area contributed by atoms with Crippen LogP contribution in [0.3, 0.4) is 0 Å². The Morgan fingerprint density at radius 1 is 1.69 bits per heavy atom. The van der Waals surface area contributed by atoms with Gasteiger partial charge in [-0.15, -0.1) is 0 Å². The van der Waals surface area contributed by atoms with Crippen LogP contribution in [0.5, 0.6) is 0 Å². The highest BCUT2D eigenvalue weighted by Crippen LogP contribution is 2.21. The molecule has 1 aromatic heterocycles. The summed E-state index contributed by atoms with van der Waals surface area (Å²) in [6.45, 7) is 3.55. The van der Waals surface area contributed by atoms with Crippen LogP contribution in [0.4, 0.5) is 0 Å². The second kappa shape index (κ2) is 4.70. The van der Waals surface area contributed by atoms with Crippen molar-refractivity contribution in [3.63, 3.8) is 0 Å². The van der Waals surface area contributed by atoms with Crippen LogP contribution in [-0.4, -0.2) is 37.0 Å². The molecule has 1 N–H and O–H groups in total. The number of nitrogens with zero attached hydrogens (tertiary/aromatic N) is 1. The molecule has 1 unspecified atom stereocenters. The van der Waals surface area contributed by atoms with Crippen molar-refractivity contribution in [2.45, 2.75) is 25.8 Å². The van der Waals surface area contributed by atoms with Crippen LogP contribution in [0.15, 0.2) is 16.7 Å². The molecule has 0 aliphatic carbocycles. The summed E-state index contributed by atoms with van der Waals surface area (Å²) < 4.78 is 5.18. The van der Waals surface area contributed by atoms with E-state index in [0.29, 0.717) is 17.4 Å². The largest absolute Gasteiger partial charge is 0.469 e. The van der Waals surface area contributed by atoms with Crippen molar-refractivity contribution in [3.05, 3.63) is 23.7 Å². The Labute approximate surface area is 95.6 Å². The Balaban J connectivity index is 2.12. The molecule has 0 radical (unpaired) electrons. The lowest BCUT2D eigenvalue weighted by Gasteiger charge is -2.24. The van der Waals surface area contributed by atoms with Crippen molar-refractivity contribution in [1.29, 1.82) is 0 Å². The molecule has 1 saturated heterocycles. The van der Waals surface area contributed by atoms with E-state index >= 15 is 0 Å². The second-order valence-electron chi connectivity index (χ2n) is 4.24. The molecule has 0 saturated carbocycles. The van der Waals surface area contributed by atoms with E-state index in [1.54, 1.807) is 12.3 Å². The van der Waals surface area contributed by atoms with Gasteiger partial charge in [-0.25, -0.2) is 0 Å². The first-order chi connectivity index (χ1) is 7.74. The van der Waals surface area contributed by atoms with Gasteiger partial charge in [0.1, 0.15) is 5.76 Å². The molecule has 1 fully saturated rings. The minimum atomic E-state index is 0.101. The van der Waals surface area contributed by atoms with Gasteiger partial charge in [0, 0.05) is 19.1 Å². The van der Waals surface area contributed by atoms with Crippen molar-refractivity contribution < 1.29 is 9.21 Å². The molecule has 1 aromatic rings. The number of amides is 1. The normalized spacial score (nSPS) is 20.4. The van der Waals surface area contributed by atoms with Crippen LogP contribution in [0.25, 0.3) is 0 Å². The van der Waals surface area contributed by atoms with Gasteiger partial charge >= 0.3 is 0 Å². The van der Waals surface area contributed by atoms with Crippen molar-refractivity contribution in [3.8, 4) is 0 Å². The lowest BCUT2D eigenvalue weighted by molar-refractivity contribution is 0.0735. The van der Waals surface area contributed by atoms with E-state index in [-0.39, 0.29) is 5.91 Å². The fourth-order valence-electron chi connectivity index (χ4n) is 2.31. The fraction of sp³-hybridized carbons (Fsp3) is 0.583. The summed E-state index contributed by atoms with van der Waals surface area (Å²) in [4.78, 5) is 14.2. The van der Waals surface area contributed by atoms with E-state index in [0.717, 1.165) is 25.9 Å². The Kier molecular flexibility index (Phi) is 3.29. The number of likely N-dealkylation sites (N-methyl/N-ethyl adjacent to an activating group) is 1. The third kappa shape index (κ3) is 1.97. The van der Waals surface area contributed by atoms with Crippen LogP contribution in [-0.2, 0) is 0 Å². The van der Waals surface area contributed by atoms with Crippen LogP contribution >= 0.6 is 0 Å². The summed E-state index contributed by atoms with van der Waals surface area (Å²) >= 11 is 0. The number of hydrogen-bond acceptors (Lipinski definition) is 3. The average molecular weight is 222 g/mol. The highest BCUT2D eigenvalue weighted by atomic mass is 16.3. The molecule has 0 spiro atoms. The van der Waals surface area contributed by atoms with Gasteiger partial charge in [0.05, 0.1) is 11.8 Å². The number of nitrogens with one attached hydrogen (secondary N) is 1. The smallest absolute Gasteiger partial charge is 0.257 e. The van der Waals surface area contributed by atoms with Gasteiger partial charge in [0.15, 0.2) is 0 Å². The summed E-state index contributed by atoms with van der Waals surface area (Å²) in [5.74, 6) is 0.809. The van der Waals surface area contributed by atoms with E-state index in [9.17, 15) is 4.79 Å². The first-order valence-corrected chi connectivity index (χ1v) is 5.73. The van der Waals surface area contributed by atoms with E-state index < -0.39 is 0 Å². The molecule has 1 aliphatic heterocycles. The zero-order valence-corrected chi connectivity index (χ0v) is 9.82. The van der Waals surface area contributed by atoms with Crippen LogP contribution in [0, 0.1) is 6.92 Å². The topological polar surface area (TPSA) is 45.5 Å². The molecule has 88 valence electrons. The quantitative estimate of drug-likeness (QED) is 0.841. The maximum atomic E-state index is 12.3. The molecular weight excluding hydrogens is 204 g/mol. The lowest BCUT2D eigenvalue weighted by atomic mass is 10.2. The first-order valence-electron chi connectivity index (χ1n) is 5.73. The van der Waals surface area contributed by atoms with Gasteiger partial charge in [0.2, 0.25) is 0 Å². The summed E-state index contributed by atoms with van der Waals surface area (Å²) in [5.41, 5.74) is 0.697. The molecule has 0 bridgehead atoms. The Bertz CT molecular complexity index is 373. The van der Waals surface area contributed by atoms with Crippen LogP contribution in [0.2, 0.25) is 0 Å². The average Bonchev–Trinajstić information content (AvgIpc) is 2.87. The number of hydrogen-bond donors (Lipinski definition) is 1. The van der Waals surface area contributed by atoms with Gasteiger partial charge in [-0.3, -0.25) is 4.79 Å². The SMILES string of the molecule is CNCC1CCCN1C(=O)c1ccoc1C. The standard InChI is InChI=1S/C12H18N2O2/c1-9-11(5-7-16-9)12(15)14-6-3-4-10(14)8-13-2/h5,7,10,13H,3-4,6,8H2,1-2H3. The summed E-state index contributed by atoms with van der Waals surface area (Å²) in [6.07, 6.45) is 3.75. The molecular formula is C12H18N2O2. The molecule has 1 amide bonds. The number of carbonyl (C=O) groups is 1. The van der Waals surface area contributed by atoms with Gasteiger partial charge in [-0.1, -0.05) is 0 Å². The highest BCUT2D eigenvalue weighted by Gasteiger charge is 2.29. The van der Waals surface area contributed by atoms with Gasteiger partial charge in [-0.2, -0.15) is 0 Å². The first kappa shape index (κ1) is 11.2. The number of furan rings is 1. The molecule has 0 aromatic carbocycles. The molecule has 2 heterocycles. The third-order valence-corrected chi connectivity index (χ3v) is 3.17. The zero-order valence-electron chi connectivity index (χ0n) is 9.82. The summed E-state index contributed by atoms with van der Waals surface area (Å²) in [6, 6.07) is 2.08. The Morgan fingerprint density at radius 2 is 2.50 bits per heavy atom. The van der Waals surface area contributed by atoms with Gasteiger partial charge in [0.25, 0.3) is 5.91 Å². The molecule has 4 nitrogen and oxygen atoms in total. The maximum Gasteiger partial charge on any atom is 0.257 e. The fourth-order valence-corrected chi connectivity index (χ4v) is 2.31. The second-order valence-corrected chi connectivity index (χ2v) is 4.24. The number of aryl methyl sites for hydroxylation is 1. The molecule has 4 heteroatoms. The van der Waals surface area contributed by atoms with Crippen LogP contribution in [0.1, 0.15) is 29.0 Å². The van der Waals surface area contributed by atoms with Crippen molar-refractivity contribution in [2.24, 2.45) is 0 Å². The van der Waals surface area contributed by atoms with E-state index in [2.05, 4.69) is 5.32 Å². The lowest BCUT2D eigenvalue weighted by Crippen LogP contribution is -2.40. The molecule has 2 rings (SSSR count). The summed E-state index contributed by atoms with van der Waals surface area (Å²) in [5, 5.41) is 3.14. The minimum Gasteiger partial charge on any atom is -0.469 e. The monoisotopic (exact) mass is 222 g/mol. The molecule has 1 atom stereocenters. The number of rotatable bonds is 3. The Morgan fingerprint density at radius 3 is 3.12 bits per heavy atom. The maximum absolute atomic E-state index is 12.3. The predicted molar refractivity (Wildman–Crippen MR) is 61.4 cm³/mol. The van der Waals surface area contributed by atoms with Crippen LogP contribution < -0.4 is 5.32 Å². The van der Waals surface area contributed by atoms with E-state index in [4.69, 9.17) is 4.42 Å². The summed E-state index contributed by atoms with van der Waals surface area (Å²) in [7, 11) is 1.92. The van der Waals surface area contributed by atoms with E-state index in [1.165, 1.54) is 0 Å². The minimum absolute atomic E-state index is 0.101. The molecule has 1 aliphatic rings. The van der Waals surface area contributed by atoms with E-state index in [1.807, 2.05) is 18.9 Å². The molecule has 16 heavy (non-hydrogen) atoms. The highest BCUT2D eigenvalue weighted by molar-refractivity contribution is 5.95. The van der Waals surface area contributed by atoms with Crippen molar-refractivity contribution in [2.75, 3.05) is 20.1 Å². The number of likely N-dealkylation sites (tertiary alicyclic amines) is 1. The van der Waals surface area contributed by atoms with Gasteiger partial charge < -0.3 is 14.6 Å². The zero-order chi connectivity index (χ0) is 11.5. The predicted octanol–water partition coefficient (Wildman–Crippen LogP) is 1.41. The third-order valence-electron chi connectivity index (χ3n) is 3.17.